The number of hydrogen-bond acceptors (Lipinski definition) is 10. The van der Waals surface area contributed by atoms with Gasteiger partial charge in [0, 0.05) is 0 Å². The van der Waals surface area contributed by atoms with E-state index in [-0.39, 0.29) is 11.8 Å². The second-order valence-corrected chi connectivity index (χ2v) is 6.96. The summed E-state index contributed by atoms with van der Waals surface area (Å²) in [5.41, 5.74) is 6.56. The van der Waals surface area contributed by atoms with Crippen LogP contribution in [0.1, 0.15) is 32.9 Å². The first-order valence-corrected chi connectivity index (χ1v) is 8.92. The molecule has 2 aromatic heterocycles. The molecule has 0 aromatic carbocycles. The van der Waals surface area contributed by atoms with Gasteiger partial charge in [-0.2, -0.15) is 15.1 Å². The molecule has 0 bridgehead atoms. The van der Waals surface area contributed by atoms with Crippen LogP contribution >= 0.6 is 0 Å². The average molecular weight is 379 g/mol. The minimum Gasteiger partial charge on any atom is -0.394 e. The number of aromatic nitrogens is 4. The number of hydrogen-bond donors (Lipinski definition) is 4. The Balaban J connectivity index is 1.84. The third kappa shape index (κ3) is 4.05. The maximum Gasteiger partial charge on any atom is 0.272 e. The smallest absolute Gasteiger partial charge is 0.272 e. The van der Waals surface area contributed by atoms with Crippen LogP contribution in [0.15, 0.2) is 16.6 Å². The van der Waals surface area contributed by atoms with E-state index in [1.54, 1.807) is 0 Å². The van der Waals surface area contributed by atoms with Gasteiger partial charge in [-0.25, -0.2) is 4.98 Å². The van der Waals surface area contributed by atoms with Crippen LogP contribution in [-0.2, 0) is 4.74 Å². The van der Waals surface area contributed by atoms with Crippen molar-refractivity contribution in [2.45, 2.75) is 51.2 Å². The summed E-state index contributed by atoms with van der Waals surface area (Å²) < 4.78 is 6.96. The summed E-state index contributed by atoms with van der Waals surface area (Å²) in [4.78, 5) is 12.5. The fraction of sp³-hybridized carbons (Fsp3) is 0.688. The molecule has 1 fully saturated rings. The monoisotopic (exact) mass is 379 g/mol. The Morgan fingerprint density at radius 3 is 2.74 bits per heavy atom. The van der Waals surface area contributed by atoms with Gasteiger partial charge in [0.1, 0.15) is 23.8 Å². The van der Waals surface area contributed by atoms with Crippen LogP contribution in [0.5, 0.6) is 0 Å². The van der Waals surface area contributed by atoms with Crippen molar-refractivity contribution in [1.82, 2.24) is 19.5 Å². The molecule has 3 heterocycles. The lowest BCUT2D eigenvalue weighted by Gasteiger charge is -2.16. The second-order valence-electron chi connectivity index (χ2n) is 6.96. The number of nitrogens with zero attached hydrogens (tertiary/aromatic N) is 6. The SMILES string of the molecule is CC(C)CCCN=Nc1nc(N)c2ncn([C@@H]3O[C@H](CO)C(O)C3O)c2n1. The van der Waals surface area contributed by atoms with Gasteiger partial charge in [-0.3, -0.25) is 4.57 Å². The Bertz CT molecular complexity index is 809. The Morgan fingerprint density at radius 1 is 1.30 bits per heavy atom. The number of aliphatic hydroxyl groups excluding tert-OH is 3. The predicted octanol–water partition coefficient (Wildman–Crippen LogP) is 0.540. The summed E-state index contributed by atoms with van der Waals surface area (Å²) in [6.45, 7) is 4.43. The molecule has 0 spiro atoms. The molecular formula is C16H25N7O4. The van der Waals surface area contributed by atoms with Gasteiger partial charge in [0.05, 0.1) is 19.5 Å². The first kappa shape index (κ1) is 19.5. The van der Waals surface area contributed by atoms with Gasteiger partial charge in [0.25, 0.3) is 5.95 Å². The number of aliphatic hydroxyl groups is 3. The molecule has 2 aromatic rings. The van der Waals surface area contributed by atoms with E-state index in [1.165, 1.54) is 10.9 Å². The van der Waals surface area contributed by atoms with E-state index < -0.39 is 31.1 Å². The second kappa shape index (κ2) is 8.21. The standard InChI is InChI=1S/C16H25N7O4/c1-8(2)4-3-5-19-22-16-20-13(17)10-14(21-16)23(7-18-10)15-12(26)11(25)9(6-24)27-15/h7-9,11-12,15,24-26H,3-6H2,1-2H3,(H2,17,20,21)/t9-,11?,12?,15-/m1/s1. The van der Waals surface area contributed by atoms with E-state index in [0.29, 0.717) is 23.6 Å². The minimum atomic E-state index is -1.25. The molecule has 0 aliphatic carbocycles. The number of imidazole rings is 1. The largest absolute Gasteiger partial charge is 0.394 e. The molecule has 1 saturated heterocycles. The Hall–Kier alpha value is -2.21. The lowest BCUT2D eigenvalue weighted by molar-refractivity contribution is -0.0511. The van der Waals surface area contributed by atoms with Gasteiger partial charge in [-0.15, -0.1) is 5.11 Å². The quantitative estimate of drug-likeness (QED) is 0.400. The number of fused-ring (bicyclic) bond motifs is 1. The molecule has 0 saturated carbocycles. The van der Waals surface area contributed by atoms with Crippen molar-refractivity contribution in [3.63, 3.8) is 0 Å². The average Bonchev–Trinajstić information content (AvgIpc) is 3.16. The maximum absolute atomic E-state index is 10.2. The molecule has 27 heavy (non-hydrogen) atoms. The number of rotatable bonds is 7. The van der Waals surface area contributed by atoms with Gasteiger partial charge >= 0.3 is 0 Å². The summed E-state index contributed by atoms with van der Waals surface area (Å²) in [5, 5.41) is 37.5. The van der Waals surface area contributed by atoms with Crippen LogP contribution < -0.4 is 5.73 Å². The first-order chi connectivity index (χ1) is 12.9. The lowest BCUT2D eigenvalue weighted by Crippen LogP contribution is -2.33. The molecule has 2 unspecified atom stereocenters. The van der Waals surface area contributed by atoms with Crippen LogP contribution in [0, 0.1) is 5.92 Å². The van der Waals surface area contributed by atoms with Crippen LogP contribution in [0.25, 0.3) is 11.2 Å². The Labute approximate surface area is 155 Å². The molecule has 11 nitrogen and oxygen atoms in total. The lowest BCUT2D eigenvalue weighted by atomic mass is 10.1. The third-order valence-corrected chi connectivity index (χ3v) is 4.43. The normalized spacial score (nSPS) is 26.0. The van der Waals surface area contributed by atoms with Gasteiger partial charge in [0.15, 0.2) is 17.7 Å². The fourth-order valence-electron chi connectivity index (χ4n) is 2.95. The van der Waals surface area contributed by atoms with E-state index >= 15 is 0 Å². The van der Waals surface area contributed by atoms with Gasteiger partial charge in [-0.05, 0) is 18.8 Å². The van der Waals surface area contributed by atoms with Gasteiger partial charge < -0.3 is 25.8 Å². The fourth-order valence-corrected chi connectivity index (χ4v) is 2.95. The predicted molar refractivity (Wildman–Crippen MR) is 96.2 cm³/mol. The van der Waals surface area contributed by atoms with E-state index in [1.807, 2.05) is 0 Å². The maximum atomic E-state index is 10.2. The van der Waals surface area contributed by atoms with Crippen LogP contribution in [0.2, 0.25) is 0 Å². The van der Waals surface area contributed by atoms with Gasteiger partial charge in [-0.1, -0.05) is 13.8 Å². The molecular weight excluding hydrogens is 354 g/mol. The first-order valence-electron chi connectivity index (χ1n) is 8.92. The molecule has 0 radical (unpaired) electrons. The molecule has 1 aliphatic heterocycles. The molecule has 0 amide bonds. The van der Waals surface area contributed by atoms with Crippen molar-refractivity contribution >= 4 is 22.9 Å². The summed E-state index contributed by atoms with van der Waals surface area (Å²) in [6, 6.07) is 0. The van der Waals surface area contributed by atoms with E-state index in [4.69, 9.17) is 10.5 Å². The van der Waals surface area contributed by atoms with Crippen molar-refractivity contribution < 1.29 is 20.1 Å². The van der Waals surface area contributed by atoms with Crippen molar-refractivity contribution in [1.29, 1.82) is 0 Å². The van der Waals surface area contributed by atoms with Crippen molar-refractivity contribution in [2.75, 3.05) is 18.9 Å². The minimum absolute atomic E-state index is 0.0815. The zero-order chi connectivity index (χ0) is 19.6. The van der Waals surface area contributed by atoms with E-state index in [2.05, 4.69) is 39.0 Å². The summed E-state index contributed by atoms with van der Waals surface area (Å²) in [6.07, 6.45) is -0.986. The highest BCUT2D eigenvalue weighted by Gasteiger charge is 2.44. The number of anilines is 1. The highest BCUT2D eigenvalue weighted by Crippen LogP contribution is 2.32. The van der Waals surface area contributed by atoms with Crippen LogP contribution in [0.3, 0.4) is 0 Å². The number of nitrogens with two attached hydrogens (primary N) is 1. The van der Waals surface area contributed by atoms with Crippen molar-refractivity contribution in [2.24, 2.45) is 16.1 Å². The molecule has 1 aliphatic rings. The summed E-state index contributed by atoms with van der Waals surface area (Å²) >= 11 is 0. The molecule has 5 N–H and O–H groups in total. The Kier molecular flexibility index (Phi) is 5.95. The summed E-state index contributed by atoms with van der Waals surface area (Å²) in [7, 11) is 0. The topological polar surface area (TPSA) is 164 Å². The Morgan fingerprint density at radius 2 is 2.07 bits per heavy atom. The molecule has 3 rings (SSSR count). The van der Waals surface area contributed by atoms with Crippen molar-refractivity contribution in [3.8, 4) is 0 Å². The van der Waals surface area contributed by atoms with Crippen molar-refractivity contribution in [3.05, 3.63) is 6.33 Å². The highest BCUT2D eigenvalue weighted by atomic mass is 16.6. The zero-order valence-corrected chi connectivity index (χ0v) is 15.3. The molecule has 4 atom stereocenters. The molecule has 11 heteroatoms. The number of azo groups is 1. The van der Waals surface area contributed by atoms with E-state index in [9.17, 15) is 15.3 Å². The van der Waals surface area contributed by atoms with Crippen LogP contribution in [0.4, 0.5) is 11.8 Å². The van der Waals surface area contributed by atoms with Crippen LogP contribution in [-0.4, -0.2) is 66.3 Å². The summed E-state index contributed by atoms with van der Waals surface area (Å²) in [5.74, 6) is 0.813. The number of ether oxygens (including phenoxy) is 1. The third-order valence-electron chi connectivity index (χ3n) is 4.43. The zero-order valence-electron chi connectivity index (χ0n) is 15.3. The van der Waals surface area contributed by atoms with Gasteiger partial charge in [0.2, 0.25) is 0 Å². The molecule has 148 valence electrons. The van der Waals surface area contributed by atoms with E-state index in [0.717, 1.165) is 12.8 Å². The highest BCUT2D eigenvalue weighted by molar-refractivity contribution is 5.82. The number of nitrogen functional groups attached to an aromatic ring is 1.